The summed E-state index contributed by atoms with van der Waals surface area (Å²) in [6.45, 7) is 3.69. The van der Waals surface area contributed by atoms with Gasteiger partial charge in [-0.15, -0.1) is 0 Å². The van der Waals surface area contributed by atoms with E-state index < -0.39 is 24.0 Å². The first-order chi connectivity index (χ1) is 12.4. The van der Waals surface area contributed by atoms with Gasteiger partial charge < -0.3 is 20.1 Å². The molecule has 8 heteroatoms. The lowest BCUT2D eigenvalue weighted by molar-refractivity contribution is -0.123. The molecule has 1 atom stereocenters. The molecule has 140 valence electrons. The van der Waals surface area contributed by atoms with E-state index in [0.717, 1.165) is 0 Å². The maximum atomic E-state index is 12.0. The summed E-state index contributed by atoms with van der Waals surface area (Å²) in [6, 6.07) is 7.46. The predicted octanol–water partition coefficient (Wildman–Crippen LogP) is 1.75. The highest BCUT2D eigenvalue weighted by molar-refractivity contribution is 5.89. The minimum atomic E-state index is -0.780. The number of benzene rings is 1. The van der Waals surface area contributed by atoms with Gasteiger partial charge in [0.25, 0.3) is 0 Å². The Morgan fingerprint density at radius 2 is 1.85 bits per heavy atom. The van der Waals surface area contributed by atoms with Crippen LogP contribution in [0, 0.1) is 17.2 Å². The average molecular weight is 361 g/mol. The molecular weight excluding hydrogens is 338 g/mol. The number of alkyl carbamates (subject to hydrolysis) is 1. The molecule has 0 fully saturated rings. The van der Waals surface area contributed by atoms with Gasteiger partial charge in [-0.1, -0.05) is 26.0 Å². The third-order valence-corrected chi connectivity index (χ3v) is 3.40. The van der Waals surface area contributed by atoms with Crippen LogP contribution in [0.4, 0.5) is 4.79 Å². The standard InChI is InChI=1S/C18H23N3O5/c1-12(2)10-15(16(22)20-9-8-19)21-18(24)26-11-13-4-6-14(7-5-13)17(23)25-3/h4-7,12,15H,9-11H2,1-3H3,(H,20,22)(H,21,24)/t15-/m0/s1. The molecule has 0 aliphatic rings. The molecular formula is C18H23N3O5. The average Bonchev–Trinajstić information content (AvgIpc) is 2.63. The Hall–Kier alpha value is -3.08. The Kier molecular flexibility index (Phi) is 8.64. The molecule has 1 rings (SSSR count). The van der Waals surface area contributed by atoms with E-state index in [1.165, 1.54) is 7.11 Å². The van der Waals surface area contributed by atoms with Crippen LogP contribution >= 0.6 is 0 Å². The Balaban J connectivity index is 2.57. The largest absolute Gasteiger partial charge is 0.465 e. The molecule has 0 aliphatic heterocycles. The van der Waals surface area contributed by atoms with Crippen molar-refractivity contribution in [2.75, 3.05) is 13.7 Å². The molecule has 0 saturated carbocycles. The SMILES string of the molecule is COC(=O)c1ccc(COC(=O)N[C@@H](CC(C)C)C(=O)NCC#N)cc1. The molecule has 0 heterocycles. The first kappa shape index (κ1) is 21.0. The van der Waals surface area contributed by atoms with Gasteiger partial charge in [-0.3, -0.25) is 4.79 Å². The van der Waals surface area contributed by atoms with Crippen molar-refractivity contribution in [3.8, 4) is 6.07 Å². The minimum absolute atomic E-state index is 0.0124. The van der Waals surface area contributed by atoms with Gasteiger partial charge >= 0.3 is 12.1 Å². The fourth-order valence-corrected chi connectivity index (χ4v) is 2.14. The molecule has 0 spiro atoms. The smallest absolute Gasteiger partial charge is 0.408 e. The third-order valence-electron chi connectivity index (χ3n) is 3.40. The lowest BCUT2D eigenvalue weighted by Gasteiger charge is -2.19. The number of esters is 1. The molecule has 2 amide bonds. The zero-order valence-electron chi connectivity index (χ0n) is 15.1. The van der Waals surface area contributed by atoms with Gasteiger partial charge in [0, 0.05) is 0 Å². The zero-order chi connectivity index (χ0) is 19.5. The van der Waals surface area contributed by atoms with Crippen LogP contribution in [0.15, 0.2) is 24.3 Å². The van der Waals surface area contributed by atoms with Gasteiger partial charge in [-0.2, -0.15) is 5.26 Å². The Morgan fingerprint density at radius 3 is 2.38 bits per heavy atom. The van der Waals surface area contributed by atoms with E-state index in [1.54, 1.807) is 24.3 Å². The topological polar surface area (TPSA) is 118 Å². The zero-order valence-corrected chi connectivity index (χ0v) is 15.1. The molecule has 1 aromatic rings. The van der Waals surface area contributed by atoms with E-state index in [9.17, 15) is 14.4 Å². The molecule has 1 aromatic carbocycles. The van der Waals surface area contributed by atoms with E-state index in [-0.39, 0.29) is 19.1 Å². The minimum Gasteiger partial charge on any atom is -0.465 e. The summed E-state index contributed by atoms with van der Waals surface area (Å²) in [4.78, 5) is 35.3. The molecule has 0 aromatic heterocycles. The third kappa shape index (κ3) is 7.21. The number of hydrogen-bond donors (Lipinski definition) is 2. The highest BCUT2D eigenvalue weighted by Crippen LogP contribution is 2.08. The monoisotopic (exact) mass is 361 g/mol. The summed E-state index contributed by atoms with van der Waals surface area (Å²) in [5.41, 5.74) is 1.08. The van der Waals surface area contributed by atoms with E-state index in [0.29, 0.717) is 17.5 Å². The van der Waals surface area contributed by atoms with Crippen LogP contribution in [0.1, 0.15) is 36.2 Å². The highest BCUT2D eigenvalue weighted by atomic mass is 16.5. The van der Waals surface area contributed by atoms with Crippen molar-refractivity contribution in [2.45, 2.75) is 32.9 Å². The number of carbonyl (C=O) groups is 3. The number of nitriles is 1. The summed E-state index contributed by atoms with van der Waals surface area (Å²) in [7, 11) is 1.30. The van der Waals surface area contributed by atoms with Gasteiger partial charge in [0.2, 0.25) is 5.91 Å². The predicted molar refractivity (Wildman–Crippen MR) is 93.0 cm³/mol. The number of carbonyl (C=O) groups excluding carboxylic acids is 3. The van der Waals surface area contributed by atoms with Crippen molar-refractivity contribution < 1.29 is 23.9 Å². The molecule has 8 nitrogen and oxygen atoms in total. The number of hydrogen-bond acceptors (Lipinski definition) is 6. The van der Waals surface area contributed by atoms with Crippen LogP contribution in [-0.4, -0.2) is 37.7 Å². The summed E-state index contributed by atoms with van der Waals surface area (Å²) in [5, 5.41) is 13.5. The molecule has 0 bridgehead atoms. The maximum Gasteiger partial charge on any atom is 0.408 e. The normalized spacial score (nSPS) is 11.2. The second-order valence-corrected chi connectivity index (χ2v) is 5.97. The second kappa shape index (κ2) is 10.7. The Labute approximate surface area is 152 Å². The van der Waals surface area contributed by atoms with Crippen LogP contribution in [0.2, 0.25) is 0 Å². The van der Waals surface area contributed by atoms with Crippen LogP contribution in [0.3, 0.4) is 0 Å². The summed E-state index contributed by atoms with van der Waals surface area (Å²) < 4.78 is 9.72. The molecule has 0 unspecified atom stereocenters. The lowest BCUT2D eigenvalue weighted by Crippen LogP contribution is -2.47. The van der Waals surface area contributed by atoms with Gasteiger partial charge in [0.15, 0.2) is 0 Å². The number of rotatable bonds is 8. The maximum absolute atomic E-state index is 12.0. The quantitative estimate of drug-likeness (QED) is 0.538. The van der Waals surface area contributed by atoms with Crippen LogP contribution < -0.4 is 10.6 Å². The number of methoxy groups -OCH3 is 1. The van der Waals surface area contributed by atoms with Gasteiger partial charge in [0.1, 0.15) is 19.2 Å². The van der Waals surface area contributed by atoms with Gasteiger partial charge in [-0.25, -0.2) is 9.59 Å². The van der Waals surface area contributed by atoms with E-state index in [2.05, 4.69) is 15.4 Å². The van der Waals surface area contributed by atoms with Crippen molar-refractivity contribution >= 4 is 18.0 Å². The fraction of sp³-hybridized carbons (Fsp3) is 0.444. The van der Waals surface area contributed by atoms with Crippen molar-refractivity contribution in [1.82, 2.24) is 10.6 Å². The van der Waals surface area contributed by atoms with Crippen LogP contribution in [0.25, 0.3) is 0 Å². The lowest BCUT2D eigenvalue weighted by atomic mass is 10.0. The molecule has 0 saturated heterocycles. The van der Waals surface area contributed by atoms with Crippen LogP contribution in [-0.2, 0) is 20.9 Å². The Morgan fingerprint density at radius 1 is 1.19 bits per heavy atom. The van der Waals surface area contributed by atoms with Gasteiger partial charge in [0.05, 0.1) is 18.7 Å². The number of nitrogens with one attached hydrogen (secondary N) is 2. The number of ether oxygens (including phenoxy) is 2. The fourth-order valence-electron chi connectivity index (χ4n) is 2.14. The van der Waals surface area contributed by atoms with Gasteiger partial charge in [-0.05, 0) is 30.0 Å². The van der Waals surface area contributed by atoms with Crippen molar-refractivity contribution in [3.05, 3.63) is 35.4 Å². The number of nitrogens with zero attached hydrogens (tertiary/aromatic N) is 1. The summed E-state index contributed by atoms with van der Waals surface area (Å²) >= 11 is 0. The van der Waals surface area contributed by atoms with E-state index >= 15 is 0 Å². The first-order valence-electron chi connectivity index (χ1n) is 8.12. The number of amides is 2. The molecule has 0 aliphatic carbocycles. The van der Waals surface area contributed by atoms with E-state index in [4.69, 9.17) is 10.00 Å². The van der Waals surface area contributed by atoms with Crippen molar-refractivity contribution in [3.63, 3.8) is 0 Å². The van der Waals surface area contributed by atoms with E-state index in [1.807, 2.05) is 19.9 Å². The molecule has 26 heavy (non-hydrogen) atoms. The second-order valence-electron chi connectivity index (χ2n) is 5.97. The molecule has 2 N–H and O–H groups in total. The first-order valence-corrected chi connectivity index (χ1v) is 8.12. The van der Waals surface area contributed by atoms with Crippen molar-refractivity contribution in [1.29, 1.82) is 5.26 Å². The Bertz CT molecular complexity index is 664. The summed E-state index contributed by atoms with van der Waals surface area (Å²) in [5.74, 6) is -0.714. The molecule has 0 radical (unpaired) electrons. The highest BCUT2D eigenvalue weighted by Gasteiger charge is 2.22. The van der Waals surface area contributed by atoms with Crippen molar-refractivity contribution in [2.24, 2.45) is 5.92 Å². The summed E-state index contributed by atoms with van der Waals surface area (Å²) in [6.07, 6.45) is -0.319. The van der Waals surface area contributed by atoms with Crippen LogP contribution in [0.5, 0.6) is 0 Å².